The van der Waals surface area contributed by atoms with Crippen LogP contribution in [0.2, 0.25) is 0 Å². The molecule has 2 rings (SSSR count). The molecule has 0 bridgehead atoms. The Morgan fingerprint density at radius 1 is 1.06 bits per heavy atom. The maximum Gasteiger partial charge on any atom is 0.0992 e. The van der Waals surface area contributed by atoms with Crippen LogP contribution in [0.15, 0.2) is 36.4 Å². The van der Waals surface area contributed by atoms with Gasteiger partial charge < -0.3 is 11.1 Å². The van der Waals surface area contributed by atoms with Gasteiger partial charge in [-0.1, -0.05) is 6.07 Å². The van der Waals surface area contributed by atoms with E-state index in [0.29, 0.717) is 5.56 Å². The largest absolute Gasteiger partial charge is 0.399 e. The summed E-state index contributed by atoms with van der Waals surface area (Å²) in [7, 11) is 0. The third-order valence-electron chi connectivity index (χ3n) is 2.92. The van der Waals surface area contributed by atoms with Crippen LogP contribution >= 0.6 is 0 Å². The molecule has 0 spiro atoms. The van der Waals surface area contributed by atoms with Crippen LogP contribution in [0.3, 0.4) is 0 Å². The molecule has 0 aliphatic rings. The Morgan fingerprint density at radius 2 is 1.83 bits per heavy atom. The Balaban J connectivity index is 2.33. The van der Waals surface area contributed by atoms with Gasteiger partial charge in [-0.25, -0.2) is 0 Å². The first-order chi connectivity index (χ1) is 8.60. The van der Waals surface area contributed by atoms with Crippen molar-refractivity contribution in [2.75, 3.05) is 11.1 Å². The number of hydrogen-bond acceptors (Lipinski definition) is 3. The standard InChI is InChI=1S/C15H15N3/c1-10-3-4-12(9-16)8-15(10)18-13-5-6-14(17)11(2)7-13/h3-8,18H,17H2,1-2H3. The average molecular weight is 237 g/mol. The van der Waals surface area contributed by atoms with E-state index in [9.17, 15) is 0 Å². The van der Waals surface area contributed by atoms with Crippen molar-refractivity contribution < 1.29 is 0 Å². The quantitative estimate of drug-likeness (QED) is 0.786. The van der Waals surface area contributed by atoms with Gasteiger partial charge in [0.2, 0.25) is 0 Å². The molecule has 2 aromatic rings. The van der Waals surface area contributed by atoms with Gasteiger partial charge in [-0.15, -0.1) is 0 Å². The maximum atomic E-state index is 8.91. The molecule has 90 valence electrons. The summed E-state index contributed by atoms with van der Waals surface area (Å²) in [5.74, 6) is 0. The molecular formula is C15H15N3. The van der Waals surface area contributed by atoms with E-state index < -0.39 is 0 Å². The first-order valence-corrected chi connectivity index (χ1v) is 5.74. The number of nitrogen functional groups attached to an aromatic ring is 1. The normalized spacial score (nSPS) is 9.83. The van der Waals surface area contributed by atoms with Gasteiger partial charge in [0.05, 0.1) is 11.6 Å². The molecular weight excluding hydrogens is 222 g/mol. The van der Waals surface area contributed by atoms with Gasteiger partial charge in [-0.3, -0.25) is 0 Å². The first-order valence-electron chi connectivity index (χ1n) is 5.74. The van der Waals surface area contributed by atoms with Gasteiger partial charge in [0.1, 0.15) is 0 Å². The maximum absolute atomic E-state index is 8.91. The molecule has 18 heavy (non-hydrogen) atoms. The molecule has 0 heterocycles. The lowest BCUT2D eigenvalue weighted by molar-refractivity contribution is 1.39. The molecule has 0 aliphatic carbocycles. The van der Waals surface area contributed by atoms with E-state index in [0.717, 1.165) is 28.2 Å². The Bertz CT molecular complexity index is 624. The molecule has 0 unspecified atom stereocenters. The zero-order chi connectivity index (χ0) is 13.1. The van der Waals surface area contributed by atoms with Crippen LogP contribution in [0.5, 0.6) is 0 Å². The summed E-state index contributed by atoms with van der Waals surface area (Å²) in [6.45, 7) is 3.98. The number of hydrogen-bond donors (Lipinski definition) is 2. The van der Waals surface area contributed by atoms with E-state index in [1.54, 1.807) is 0 Å². The monoisotopic (exact) mass is 237 g/mol. The van der Waals surface area contributed by atoms with Crippen molar-refractivity contribution in [2.45, 2.75) is 13.8 Å². The highest BCUT2D eigenvalue weighted by atomic mass is 14.9. The van der Waals surface area contributed by atoms with E-state index in [1.807, 2.05) is 50.2 Å². The number of benzene rings is 2. The number of nitrogens with one attached hydrogen (secondary N) is 1. The fraction of sp³-hybridized carbons (Fsp3) is 0.133. The summed E-state index contributed by atoms with van der Waals surface area (Å²) < 4.78 is 0. The highest BCUT2D eigenvalue weighted by Gasteiger charge is 2.02. The van der Waals surface area contributed by atoms with Gasteiger partial charge in [-0.2, -0.15) is 5.26 Å². The van der Waals surface area contributed by atoms with E-state index >= 15 is 0 Å². The number of anilines is 3. The average Bonchev–Trinajstić information content (AvgIpc) is 2.36. The second-order valence-electron chi connectivity index (χ2n) is 4.34. The van der Waals surface area contributed by atoms with Gasteiger partial charge >= 0.3 is 0 Å². The number of aryl methyl sites for hydroxylation is 2. The first kappa shape index (κ1) is 12.0. The topological polar surface area (TPSA) is 61.8 Å². The SMILES string of the molecule is Cc1cc(Nc2cc(C#N)ccc2C)ccc1N. The van der Waals surface area contributed by atoms with Gasteiger partial charge in [0.25, 0.3) is 0 Å². The predicted octanol–water partition coefficient (Wildman–Crippen LogP) is 3.50. The van der Waals surface area contributed by atoms with Gasteiger partial charge in [-0.05, 0) is 55.3 Å². The van der Waals surface area contributed by atoms with E-state index in [4.69, 9.17) is 11.0 Å². The Hall–Kier alpha value is -2.47. The van der Waals surface area contributed by atoms with Crippen molar-refractivity contribution >= 4 is 17.1 Å². The fourth-order valence-corrected chi connectivity index (χ4v) is 1.74. The van der Waals surface area contributed by atoms with Crippen LogP contribution in [0.1, 0.15) is 16.7 Å². The predicted molar refractivity (Wildman–Crippen MR) is 74.8 cm³/mol. The van der Waals surface area contributed by atoms with E-state index in [1.165, 1.54) is 0 Å². The number of nitriles is 1. The van der Waals surface area contributed by atoms with Crippen molar-refractivity contribution in [3.8, 4) is 6.07 Å². The molecule has 0 saturated carbocycles. The number of nitrogens with zero attached hydrogens (tertiary/aromatic N) is 1. The van der Waals surface area contributed by atoms with E-state index in [-0.39, 0.29) is 0 Å². The molecule has 0 amide bonds. The molecule has 0 aromatic heterocycles. The van der Waals surface area contributed by atoms with Crippen molar-refractivity contribution in [1.29, 1.82) is 5.26 Å². The van der Waals surface area contributed by atoms with Crippen LogP contribution < -0.4 is 11.1 Å². The van der Waals surface area contributed by atoms with Crippen LogP contribution in [-0.2, 0) is 0 Å². The highest BCUT2D eigenvalue weighted by molar-refractivity contribution is 5.67. The van der Waals surface area contributed by atoms with Gasteiger partial charge in [0, 0.05) is 17.1 Å². The van der Waals surface area contributed by atoms with Crippen molar-refractivity contribution in [2.24, 2.45) is 0 Å². The smallest absolute Gasteiger partial charge is 0.0992 e. The molecule has 3 N–H and O–H groups in total. The highest BCUT2D eigenvalue weighted by Crippen LogP contribution is 2.24. The Labute approximate surface area is 107 Å². The lowest BCUT2D eigenvalue weighted by atomic mass is 10.1. The lowest BCUT2D eigenvalue weighted by Gasteiger charge is -2.11. The summed E-state index contributed by atoms with van der Waals surface area (Å²) >= 11 is 0. The minimum atomic E-state index is 0.648. The number of rotatable bonds is 2. The van der Waals surface area contributed by atoms with Gasteiger partial charge in [0.15, 0.2) is 0 Å². The molecule has 2 aromatic carbocycles. The van der Waals surface area contributed by atoms with Crippen LogP contribution in [0.25, 0.3) is 0 Å². The third-order valence-corrected chi connectivity index (χ3v) is 2.92. The summed E-state index contributed by atoms with van der Waals surface area (Å²) in [4.78, 5) is 0. The summed E-state index contributed by atoms with van der Waals surface area (Å²) in [6.07, 6.45) is 0. The lowest BCUT2D eigenvalue weighted by Crippen LogP contribution is -1.96. The zero-order valence-electron chi connectivity index (χ0n) is 10.5. The molecule has 3 heteroatoms. The minimum Gasteiger partial charge on any atom is -0.399 e. The van der Waals surface area contributed by atoms with Crippen LogP contribution in [0, 0.1) is 25.2 Å². The van der Waals surface area contributed by atoms with Crippen LogP contribution in [-0.4, -0.2) is 0 Å². The summed E-state index contributed by atoms with van der Waals surface area (Å²) in [5.41, 5.74) is 11.3. The summed E-state index contributed by atoms with van der Waals surface area (Å²) in [6, 6.07) is 13.5. The number of nitrogens with two attached hydrogens (primary N) is 1. The Morgan fingerprint density at radius 3 is 2.50 bits per heavy atom. The molecule has 0 atom stereocenters. The third kappa shape index (κ3) is 2.44. The second kappa shape index (κ2) is 4.80. The van der Waals surface area contributed by atoms with Crippen molar-refractivity contribution in [3.05, 3.63) is 53.1 Å². The zero-order valence-corrected chi connectivity index (χ0v) is 10.5. The molecule has 0 aliphatic heterocycles. The molecule has 3 nitrogen and oxygen atoms in total. The van der Waals surface area contributed by atoms with Crippen LogP contribution in [0.4, 0.5) is 17.1 Å². The van der Waals surface area contributed by atoms with E-state index in [2.05, 4.69) is 11.4 Å². The minimum absolute atomic E-state index is 0.648. The molecule has 0 fully saturated rings. The Kier molecular flexibility index (Phi) is 3.20. The van der Waals surface area contributed by atoms with Crippen molar-refractivity contribution in [3.63, 3.8) is 0 Å². The molecule has 0 saturated heterocycles. The summed E-state index contributed by atoms with van der Waals surface area (Å²) in [5, 5.41) is 12.2. The fourth-order valence-electron chi connectivity index (χ4n) is 1.74. The second-order valence-corrected chi connectivity index (χ2v) is 4.34. The molecule has 0 radical (unpaired) electrons. The van der Waals surface area contributed by atoms with Crippen molar-refractivity contribution in [1.82, 2.24) is 0 Å².